The summed E-state index contributed by atoms with van der Waals surface area (Å²) >= 11 is 5.93. The highest BCUT2D eigenvalue weighted by Gasteiger charge is 2.32. The number of hydrogen-bond acceptors (Lipinski definition) is 2. The lowest BCUT2D eigenvalue weighted by Gasteiger charge is -2.13. The van der Waals surface area contributed by atoms with Crippen LogP contribution >= 0.6 is 11.6 Å². The number of imidazole rings is 1. The molecular weight excluding hydrogens is 281 g/mol. The van der Waals surface area contributed by atoms with Crippen LogP contribution in [0.15, 0.2) is 0 Å². The molecule has 4 nitrogen and oxygen atoms in total. The van der Waals surface area contributed by atoms with Crippen molar-refractivity contribution in [1.29, 1.82) is 0 Å². The minimum absolute atomic E-state index is 0.219. The third kappa shape index (κ3) is 2.56. The van der Waals surface area contributed by atoms with Gasteiger partial charge in [0.05, 0.1) is 11.1 Å². The summed E-state index contributed by atoms with van der Waals surface area (Å²) in [6.45, 7) is 2.38. The zero-order valence-corrected chi connectivity index (χ0v) is 11.5. The maximum absolute atomic E-state index is 12.7. The van der Waals surface area contributed by atoms with Crippen molar-refractivity contribution >= 4 is 22.8 Å². The Balaban J connectivity index is 2.69. The van der Waals surface area contributed by atoms with Gasteiger partial charge in [-0.1, -0.05) is 6.92 Å². The second kappa shape index (κ2) is 4.70. The monoisotopic (exact) mass is 294 g/mol. The van der Waals surface area contributed by atoms with Crippen molar-refractivity contribution in [3.8, 4) is 0 Å². The van der Waals surface area contributed by atoms with Gasteiger partial charge in [-0.2, -0.15) is 18.3 Å². The van der Waals surface area contributed by atoms with E-state index in [-0.39, 0.29) is 5.82 Å². The molecule has 19 heavy (non-hydrogen) atoms. The summed E-state index contributed by atoms with van der Waals surface area (Å²) in [6, 6.07) is 0. The summed E-state index contributed by atoms with van der Waals surface area (Å²) in [5, 5.41) is 3.58. The predicted octanol–water partition coefficient (Wildman–Crippen LogP) is 3.19. The van der Waals surface area contributed by atoms with Crippen molar-refractivity contribution in [2.75, 3.05) is 0 Å². The Kier molecular flexibility index (Phi) is 3.51. The van der Waals surface area contributed by atoms with Crippen LogP contribution in [0.3, 0.4) is 0 Å². The molecule has 1 atom stereocenters. The average molecular weight is 295 g/mol. The van der Waals surface area contributed by atoms with E-state index < -0.39 is 18.1 Å². The molecule has 0 radical (unpaired) electrons. The van der Waals surface area contributed by atoms with Crippen LogP contribution in [0.25, 0.3) is 11.2 Å². The third-order valence-electron chi connectivity index (χ3n) is 2.85. The molecule has 0 aliphatic heterocycles. The van der Waals surface area contributed by atoms with Crippen molar-refractivity contribution in [1.82, 2.24) is 19.3 Å². The third-order valence-corrected chi connectivity index (χ3v) is 3.04. The van der Waals surface area contributed by atoms with Crippen molar-refractivity contribution in [2.45, 2.75) is 38.4 Å². The molecule has 0 aromatic carbocycles. The van der Waals surface area contributed by atoms with Crippen molar-refractivity contribution in [3.63, 3.8) is 0 Å². The smallest absolute Gasteiger partial charge is 0.302 e. The fourth-order valence-corrected chi connectivity index (χ4v) is 2.30. The molecule has 2 rings (SSSR count). The number of aryl methyl sites for hydroxylation is 2. The van der Waals surface area contributed by atoms with E-state index in [0.29, 0.717) is 23.3 Å². The molecule has 1 unspecified atom stereocenters. The number of halogens is 4. The standard InChI is InChI=1S/C11H14ClF3N4/c1-4-7-8-10(18(3)17-7)19(5-11(13,14)15)9(16-8)6(2)12/h6H,4-5H2,1-3H3. The Morgan fingerprint density at radius 1 is 1.37 bits per heavy atom. The van der Waals surface area contributed by atoms with Gasteiger partial charge in [0.1, 0.15) is 17.9 Å². The van der Waals surface area contributed by atoms with Crippen LogP contribution in [-0.4, -0.2) is 25.5 Å². The highest BCUT2D eigenvalue weighted by molar-refractivity contribution is 6.20. The molecule has 2 aromatic heterocycles. The van der Waals surface area contributed by atoms with E-state index in [1.165, 1.54) is 4.68 Å². The second-order valence-corrected chi connectivity index (χ2v) is 5.04. The first-order valence-electron chi connectivity index (χ1n) is 5.87. The second-order valence-electron chi connectivity index (χ2n) is 4.38. The first kappa shape index (κ1) is 14.2. The quantitative estimate of drug-likeness (QED) is 0.815. The number of fused-ring (bicyclic) bond motifs is 1. The first-order valence-corrected chi connectivity index (χ1v) is 6.31. The molecule has 0 spiro atoms. The molecule has 8 heteroatoms. The summed E-state index contributed by atoms with van der Waals surface area (Å²) in [5.74, 6) is 0.219. The summed E-state index contributed by atoms with van der Waals surface area (Å²) in [7, 11) is 1.61. The first-order chi connectivity index (χ1) is 8.74. The summed E-state index contributed by atoms with van der Waals surface area (Å²) in [6.07, 6.45) is -3.72. The molecule has 0 N–H and O–H groups in total. The van der Waals surface area contributed by atoms with Gasteiger partial charge in [0.15, 0.2) is 5.65 Å². The number of aromatic nitrogens is 4. The van der Waals surface area contributed by atoms with Gasteiger partial charge in [-0.3, -0.25) is 4.68 Å². The molecule has 0 fully saturated rings. The van der Waals surface area contributed by atoms with Gasteiger partial charge in [-0.05, 0) is 13.3 Å². The van der Waals surface area contributed by atoms with Gasteiger partial charge < -0.3 is 4.57 Å². The molecule has 0 bridgehead atoms. The molecule has 0 saturated carbocycles. The lowest BCUT2D eigenvalue weighted by Crippen LogP contribution is -2.20. The van der Waals surface area contributed by atoms with E-state index in [9.17, 15) is 13.2 Å². The maximum Gasteiger partial charge on any atom is 0.406 e. The van der Waals surface area contributed by atoms with E-state index in [2.05, 4.69) is 10.1 Å². The van der Waals surface area contributed by atoms with Crippen LogP contribution in [0, 0.1) is 0 Å². The Morgan fingerprint density at radius 2 is 2.00 bits per heavy atom. The Hall–Kier alpha value is -1.24. The van der Waals surface area contributed by atoms with Gasteiger partial charge in [0, 0.05) is 7.05 Å². The fraction of sp³-hybridized carbons (Fsp3) is 0.636. The SMILES string of the molecule is CCc1nn(C)c2c1nc(C(C)Cl)n2CC(F)(F)F. The summed E-state index contributed by atoms with van der Waals surface area (Å²) in [5.41, 5.74) is 1.53. The molecule has 0 saturated heterocycles. The average Bonchev–Trinajstić information content (AvgIpc) is 2.76. The lowest BCUT2D eigenvalue weighted by atomic mass is 10.3. The van der Waals surface area contributed by atoms with Gasteiger partial charge in [-0.15, -0.1) is 11.6 Å². The molecular formula is C11H14ClF3N4. The summed E-state index contributed by atoms with van der Waals surface area (Å²) in [4.78, 5) is 4.24. The van der Waals surface area contributed by atoms with Crippen molar-refractivity contribution in [3.05, 3.63) is 11.5 Å². The van der Waals surface area contributed by atoms with Crippen LogP contribution in [0.4, 0.5) is 13.2 Å². The predicted molar refractivity (Wildman–Crippen MR) is 66.2 cm³/mol. The highest BCUT2D eigenvalue weighted by Crippen LogP contribution is 2.29. The van der Waals surface area contributed by atoms with Gasteiger partial charge in [0.2, 0.25) is 0 Å². The van der Waals surface area contributed by atoms with E-state index in [1.807, 2.05) is 6.92 Å². The van der Waals surface area contributed by atoms with Gasteiger partial charge >= 0.3 is 6.18 Å². The van der Waals surface area contributed by atoms with Crippen LogP contribution < -0.4 is 0 Å². The van der Waals surface area contributed by atoms with E-state index in [1.54, 1.807) is 14.0 Å². The van der Waals surface area contributed by atoms with Crippen molar-refractivity contribution in [2.24, 2.45) is 7.05 Å². The van der Waals surface area contributed by atoms with Crippen LogP contribution in [0.1, 0.15) is 30.7 Å². The number of hydrogen-bond donors (Lipinski definition) is 0. The maximum atomic E-state index is 12.7. The molecule has 0 aliphatic rings. The number of alkyl halides is 4. The van der Waals surface area contributed by atoms with Crippen LogP contribution in [0.2, 0.25) is 0 Å². The molecule has 2 aromatic rings. The van der Waals surface area contributed by atoms with Crippen molar-refractivity contribution < 1.29 is 13.2 Å². The Bertz CT molecular complexity index is 597. The molecule has 2 heterocycles. The zero-order valence-electron chi connectivity index (χ0n) is 10.8. The molecule has 0 aliphatic carbocycles. The minimum Gasteiger partial charge on any atom is -0.302 e. The van der Waals surface area contributed by atoms with E-state index >= 15 is 0 Å². The van der Waals surface area contributed by atoms with Crippen LogP contribution in [0.5, 0.6) is 0 Å². The van der Waals surface area contributed by atoms with E-state index in [0.717, 1.165) is 4.57 Å². The highest BCUT2D eigenvalue weighted by atomic mass is 35.5. The number of nitrogens with zero attached hydrogens (tertiary/aromatic N) is 4. The lowest BCUT2D eigenvalue weighted by molar-refractivity contribution is -0.140. The van der Waals surface area contributed by atoms with E-state index in [4.69, 9.17) is 11.6 Å². The van der Waals surface area contributed by atoms with Crippen LogP contribution in [-0.2, 0) is 20.0 Å². The largest absolute Gasteiger partial charge is 0.406 e. The Labute approximate surface area is 113 Å². The molecule has 0 amide bonds. The molecule has 106 valence electrons. The normalized spacial score (nSPS) is 14.3. The number of rotatable bonds is 3. The zero-order chi connectivity index (χ0) is 14.4. The van der Waals surface area contributed by atoms with Gasteiger partial charge in [-0.25, -0.2) is 4.98 Å². The summed E-state index contributed by atoms with van der Waals surface area (Å²) < 4.78 is 40.6. The minimum atomic E-state index is -4.33. The van der Waals surface area contributed by atoms with Gasteiger partial charge in [0.25, 0.3) is 0 Å². The fourth-order valence-electron chi connectivity index (χ4n) is 2.14. The Morgan fingerprint density at radius 3 is 2.47 bits per heavy atom. The topological polar surface area (TPSA) is 35.6 Å².